The number of hydrogen-bond acceptors (Lipinski definition) is 4. The summed E-state index contributed by atoms with van der Waals surface area (Å²) >= 11 is 16.0. The predicted molar refractivity (Wildman–Crippen MR) is 52.5 cm³/mol. The van der Waals surface area contributed by atoms with E-state index in [4.69, 9.17) is 34.8 Å². The van der Waals surface area contributed by atoms with Gasteiger partial charge < -0.3 is 9.47 Å². The smallest absolute Gasteiger partial charge is 0.306 e. The lowest BCUT2D eigenvalue weighted by atomic mass is 10.3. The molecule has 0 aliphatic heterocycles. The van der Waals surface area contributed by atoms with Crippen LogP contribution in [0.15, 0.2) is 0 Å². The Balaban J connectivity index is 3.62. The second-order valence-corrected chi connectivity index (χ2v) is 4.87. The van der Waals surface area contributed by atoms with Crippen LogP contribution < -0.4 is 0 Å². The minimum Gasteiger partial charge on any atom is -0.469 e. The van der Waals surface area contributed by atoms with Crippen molar-refractivity contribution in [3.05, 3.63) is 0 Å². The largest absolute Gasteiger partial charge is 0.469 e. The van der Waals surface area contributed by atoms with Crippen molar-refractivity contribution in [3.63, 3.8) is 0 Å². The summed E-state index contributed by atoms with van der Waals surface area (Å²) < 4.78 is 7.26. The van der Waals surface area contributed by atoms with Crippen molar-refractivity contribution < 1.29 is 19.1 Å². The number of halogens is 3. The van der Waals surface area contributed by atoms with Crippen LogP contribution in [0.1, 0.15) is 12.8 Å². The van der Waals surface area contributed by atoms with Crippen LogP contribution in [0, 0.1) is 0 Å². The Kier molecular flexibility index (Phi) is 6.24. The van der Waals surface area contributed by atoms with E-state index in [1.54, 1.807) is 0 Å². The highest BCUT2D eigenvalue weighted by Gasteiger charge is 2.22. The van der Waals surface area contributed by atoms with Crippen molar-refractivity contribution in [1.82, 2.24) is 0 Å². The number of carbonyl (C=O) groups excluding carboxylic acids is 2. The zero-order chi connectivity index (χ0) is 11.2. The van der Waals surface area contributed by atoms with Crippen LogP contribution in [0.3, 0.4) is 0 Å². The third-order valence-corrected chi connectivity index (χ3v) is 1.49. The molecule has 0 saturated heterocycles. The third kappa shape index (κ3) is 8.41. The van der Waals surface area contributed by atoms with Gasteiger partial charge in [-0.2, -0.15) is 0 Å². The van der Waals surface area contributed by atoms with E-state index >= 15 is 0 Å². The number of hydrogen-bond donors (Lipinski definition) is 0. The molecule has 0 aliphatic rings. The number of carbonyl (C=O) groups is 2. The molecule has 0 bridgehead atoms. The zero-order valence-corrected chi connectivity index (χ0v) is 9.66. The SMILES string of the molecule is COC(=O)CCC(=O)OCC(Cl)(Cl)Cl. The van der Waals surface area contributed by atoms with Gasteiger partial charge in [0.1, 0.15) is 6.61 Å². The molecule has 0 aromatic carbocycles. The van der Waals surface area contributed by atoms with Crippen LogP contribution in [0.25, 0.3) is 0 Å². The highest BCUT2D eigenvalue weighted by Crippen LogP contribution is 2.26. The standard InChI is InChI=1S/C7H9Cl3O4/c1-13-5(11)2-3-6(12)14-4-7(8,9)10/h2-4H2,1H3. The summed E-state index contributed by atoms with van der Waals surface area (Å²) in [6, 6.07) is 0. The normalized spacial score (nSPS) is 10.9. The van der Waals surface area contributed by atoms with Crippen LogP contribution in [0.4, 0.5) is 0 Å². The Hall–Kier alpha value is -0.190. The van der Waals surface area contributed by atoms with Crippen molar-refractivity contribution in [2.75, 3.05) is 13.7 Å². The highest BCUT2D eigenvalue weighted by molar-refractivity contribution is 6.67. The minimum atomic E-state index is -1.62. The second-order valence-electron chi connectivity index (χ2n) is 2.35. The Morgan fingerprint density at radius 3 is 2.07 bits per heavy atom. The van der Waals surface area contributed by atoms with E-state index in [0.717, 1.165) is 0 Å². The fraction of sp³-hybridized carbons (Fsp3) is 0.714. The monoisotopic (exact) mass is 262 g/mol. The lowest BCUT2D eigenvalue weighted by Gasteiger charge is -2.10. The van der Waals surface area contributed by atoms with Gasteiger partial charge >= 0.3 is 11.9 Å². The van der Waals surface area contributed by atoms with Gasteiger partial charge in [0, 0.05) is 0 Å². The second kappa shape index (κ2) is 6.32. The summed E-state index contributed by atoms with van der Waals surface area (Å²) in [5, 5.41) is 0. The summed E-state index contributed by atoms with van der Waals surface area (Å²) in [6.45, 7) is -0.336. The Morgan fingerprint density at radius 1 is 1.14 bits per heavy atom. The van der Waals surface area contributed by atoms with Gasteiger partial charge in [-0.1, -0.05) is 34.8 Å². The van der Waals surface area contributed by atoms with Crippen LogP contribution in [-0.4, -0.2) is 29.4 Å². The number of methoxy groups -OCH3 is 1. The number of rotatable bonds is 4. The Labute approximate surface area is 96.4 Å². The molecule has 0 amide bonds. The zero-order valence-electron chi connectivity index (χ0n) is 7.39. The van der Waals surface area contributed by atoms with Crippen molar-refractivity contribution in [1.29, 1.82) is 0 Å². The summed E-state index contributed by atoms with van der Waals surface area (Å²) in [5.74, 6) is -1.10. The number of alkyl halides is 3. The van der Waals surface area contributed by atoms with E-state index in [9.17, 15) is 9.59 Å². The molecule has 0 heterocycles. The first-order valence-corrected chi connectivity index (χ1v) is 4.77. The van der Waals surface area contributed by atoms with Crippen molar-refractivity contribution in [2.24, 2.45) is 0 Å². The third-order valence-electron chi connectivity index (χ3n) is 1.16. The first-order valence-electron chi connectivity index (χ1n) is 3.64. The van der Waals surface area contributed by atoms with Crippen LogP contribution in [0.2, 0.25) is 0 Å². The van der Waals surface area contributed by atoms with E-state index in [0.29, 0.717) is 0 Å². The maximum absolute atomic E-state index is 10.9. The van der Waals surface area contributed by atoms with E-state index in [1.807, 2.05) is 0 Å². The van der Waals surface area contributed by atoms with Crippen LogP contribution in [0.5, 0.6) is 0 Å². The molecule has 4 nitrogen and oxygen atoms in total. The van der Waals surface area contributed by atoms with Gasteiger partial charge in [-0.05, 0) is 0 Å². The number of esters is 2. The molecule has 7 heteroatoms. The van der Waals surface area contributed by atoms with Gasteiger partial charge in [0.05, 0.1) is 20.0 Å². The van der Waals surface area contributed by atoms with Crippen molar-refractivity contribution in [2.45, 2.75) is 16.6 Å². The van der Waals surface area contributed by atoms with Crippen LogP contribution >= 0.6 is 34.8 Å². The van der Waals surface area contributed by atoms with Gasteiger partial charge in [-0.25, -0.2) is 0 Å². The van der Waals surface area contributed by atoms with E-state index in [1.165, 1.54) is 7.11 Å². The topological polar surface area (TPSA) is 52.6 Å². The molecule has 14 heavy (non-hydrogen) atoms. The van der Waals surface area contributed by atoms with Gasteiger partial charge in [-0.3, -0.25) is 9.59 Å². The molecule has 0 rings (SSSR count). The Morgan fingerprint density at radius 2 is 1.64 bits per heavy atom. The highest BCUT2D eigenvalue weighted by atomic mass is 35.6. The summed E-state index contributed by atoms with van der Waals surface area (Å²) in [7, 11) is 1.23. The minimum absolute atomic E-state index is 0.0464. The first-order chi connectivity index (χ1) is 6.35. The van der Waals surface area contributed by atoms with Crippen LogP contribution in [-0.2, 0) is 19.1 Å². The van der Waals surface area contributed by atoms with E-state index in [-0.39, 0.29) is 19.4 Å². The summed E-state index contributed by atoms with van der Waals surface area (Å²) in [5.41, 5.74) is 0. The van der Waals surface area contributed by atoms with Gasteiger partial charge in [0.2, 0.25) is 3.79 Å². The molecular formula is C7H9Cl3O4. The van der Waals surface area contributed by atoms with E-state index in [2.05, 4.69) is 9.47 Å². The molecule has 0 aliphatic carbocycles. The molecule has 0 unspecified atom stereocenters. The molecule has 0 aromatic rings. The quantitative estimate of drug-likeness (QED) is 0.574. The molecule has 0 spiro atoms. The molecule has 0 radical (unpaired) electrons. The summed E-state index contributed by atoms with van der Waals surface area (Å²) in [6.07, 6.45) is -0.136. The lowest BCUT2D eigenvalue weighted by molar-refractivity contribution is -0.148. The van der Waals surface area contributed by atoms with Crippen molar-refractivity contribution >= 4 is 46.7 Å². The fourth-order valence-electron chi connectivity index (χ4n) is 0.541. The maximum Gasteiger partial charge on any atom is 0.306 e. The molecule has 0 atom stereocenters. The average Bonchev–Trinajstić information content (AvgIpc) is 2.09. The molecule has 82 valence electrons. The predicted octanol–water partition coefficient (Wildman–Crippen LogP) is 1.85. The molecule has 0 saturated carbocycles. The first kappa shape index (κ1) is 13.8. The summed E-state index contributed by atoms with van der Waals surface area (Å²) in [4.78, 5) is 21.5. The Bertz CT molecular complexity index is 211. The van der Waals surface area contributed by atoms with Gasteiger partial charge in [0.15, 0.2) is 0 Å². The van der Waals surface area contributed by atoms with Crippen molar-refractivity contribution in [3.8, 4) is 0 Å². The molecule has 0 N–H and O–H groups in total. The van der Waals surface area contributed by atoms with Gasteiger partial charge in [0.25, 0.3) is 0 Å². The molecule has 0 fully saturated rings. The maximum atomic E-state index is 10.9. The molecule has 0 aromatic heterocycles. The molecular weight excluding hydrogens is 254 g/mol. The fourth-order valence-corrected chi connectivity index (χ4v) is 0.704. The number of ether oxygens (including phenoxy) is 2. The average molecular weight is 264 g/mol. The lowest BCUT2D eigenvalue weighted by Crippen LogP contribution is -2.17. The van der Waals surface area contributed by atoms with E-state index < -0.39 is 15.7 Å². The van der Waals surface area contributed by atoms with Gasteiger partial charge in [-0.15, -0.1) is 0 Å².